The molecule has 0 aliphatic rings. The van der Waals surface area contributed by atoms with E-state index in [1.54, 1.807) is 0 Å². The highest BCUT2D eigenvalue weighted by molar-refractivity contribution is 7.15. The van der Waals surface area contributed by atoms with Crippen LogP contribution in [0, 0.1) is 6.92 Å². The number of carbonyl (C=O) groups excluding carboxylic acids is 1. The molecular formula is C8H14N4OS. The number of aromatic nitrogens is 2. The molecule has 0 spiro atoms. The molecule has 78 valence electrons. The molecule has 14 heavy (non-hydrogen) atoms. The third-order valence-corrected chi connectivity index (χ3v) is 2.45. The monoisotopic (exact) mass is 214 g/mol. The Hall–Kier alpha value is -1.17. The van der Waals surface area contributed by atoms with Crippen molar-refractivity contribution in [1.82, 2.24) is 10.2 Å². The lowest BCUT2D eigenvalue weighted by Crippen LogP contribution is -2.10. The van der Waals surface area contributed by atoms with Gasteiger partial charge in [-0.1, -0.05) is 11.3 Å². The summed E-state index contributed by atoms with van der Waals surface area (Å²) in [7, 11) is 0. The van der Waals surface area contributed by atoms with Crippen molar-refractivity contribution in [2.24, 2.45) is 5.73 Å². The number of nitrogens with two attached hydrogens (primary N) is 1. The van der Waals surface area contributed by atoms with E-state index in [0.717, 1.165) is 29.5 Å². The van der Waals surface area contributed by atoms with Crippen LogP contribution in [0.3, 0.4) is 0 Å². The summed E-state index contributed by atoms with van der Waals surface area (Å²) in [4.78, 5) is 10.4. The van der Waals surface area contributed by atoms with Crippen molar-refractivity contribution in [1.29, 1.82) is 0 Å². The second-order valence-electron chi connectivity index (χ2n) is 2.98. The third kappa shape index (κ3) is 4.18. The largest absolute Gasteiger partial charge is 0.370 e. The average Bonchev–Trinajstić information content (AvgIpc) is 2.50. The van der Waals surface area contributed by atoms with Gasteiger partial charge in [0.25, 0.3) is 0 Å². The van der Waals surface area contributed by atoms with Crippen molar-refractivity contribution in [2.75, 3.05) is 11.9 Å². The van der Waals surface area contributed by atoms with Gasteiger partial charge < -0.3 is 11.1 Å². The fraction of sp³-hybridized carbons (Fsp3) is 0.625. The van der Waals surface area contributed by atoms with E-state index in [2.05, 4.69) is 15.5 Å². The minimum atomic E-state index is -0.239. The normalized spacial score (nSPS) is 10.1. The molecule has 6 heteroatoms. The molecule has 0 bridgehead atoms. The molecule has 0 aliphatic carbocycles. The average molecular weight is 214 g/mol. The molecule has 3 N–H and O–H groups in total. The van der Waals surface area contributed by atoms with E-state index in [4.69, 9.17) is 5.73 Å². The van der Waals surface area contributed by atoms with E-state index in [1.807, 2.05) is 6.92 Å². The first-order valence-corrected chi connectivity index (χ1v) is 5.32. The van der Waals surface area contributed by atoms with Gasteiger partial charge in [0.1, 0.15) is 5.01 Å². The molecule has 0 aliphatic heterocycles. The van der Waals surface area contributed by atoms with Gasteiger partial charge in [-0.05, 0) is 19.8 Å². The second-order valence-corrected chi connectivity index (χ2v) is 4.16. The van der Waals surface area contributed by atoms with Crippen molar-refractivity contribution in [2.45, 2.75) is 26.2 Å². The molecule has 1 rings (SSSR count). The van der Waals surface area contributed by atoms with E-state index in [-0.39, 0.29) is 5.91 Å². The van der Waals surface area contributed by atoms with Crippen LogP contribution in [0.1, 0.15) is 24.3 Å². The maximum absolute atomic E-state index is 10.4. The van der Waals surface area contributed by atoms with Crippen molar-refractivity contribution in [3.05, 3.63) is 5.01 Å². The lowest BCUT2D eigenvalue weighted by molar-refractivity contribution is -0.118. The number of anilines is 1. The van der Waals surface area contributed by atoms with Crippen molar-refractivity contribution < 1.29 is 4.79 Å². The highest BCUT2D eigenvalue weighted by Crippen LogP contribution is 2.13. The topological polar surface area (TPSA) is 80.9 Å². The number of primary amides is 1. The quantitative estimate of drug-likeness (QED) is 0.690. The maximum atomic E-state index is 10.4. The molecule has 1 amide bonds. The molecule has 0 fully saturated rings. The Kier molecular flexibility index (Phi) is 4.31. The summed E-state index contributed by atoms with van der Waals surface area (Å²) in [6.45, 7) is 2.72. The number of hydrogen-bond acceptors (Lipinski definition) is 5. The van der Waals surface area contributed by atoms with E-state index >= 15 is 0 Å². The lowest BCUT2D eigenvalue weighted by atomic mass is 10.2. The first-order chi connectivity index (χ1) is 6.68. The summed E-state index contributed by atoms with van der Waals surface area (Å²) in [5.74, 6) is -0.239. The Morgan fingerprint density at radius 1 is 1.50 bits per heavy atom. The number of nitrogens with one attached hydrogen (secondary N) is 1. The van der Waals surface area contributed by atoms with Crippen LogP contribution in [0.25, 0.3) is 0 Å². The minimum Gasteiger partial charge on any atom is -0.370 e. The molecule has 1 heterocycles. The fourth-order valence-electron chi connectivity index (χ4n) is 0.988. The zero-order valence-corrected chi connectivity index (χ0v) is 8.93. The predicted octanol–water partition coefficient (Wildman–Crippen LogP) is 0.914. The van der Waals surface area contributed by atoms with Gasteiger partial charge in [0, 0.05) is 13.0 Å². The number of hydrogen-bond donors (Lipinski definition) is 2. The molecule has 0 unspecified atom stereocenters. The number of rotatable bonds is 6. The summed E-state index contributed by atoms with van der Waals surface area (Å²) in [6.07, 6.45) is 2.19. The van der Waals surface area contributed by atoms with Crippen molar-refractivity contribution in [3.63, 3.8) is 0 Å². The molecule has 1 aromatic heterocycles. The van der Waals surface area contributed by atoms with Gasteiger partial charge in [0.05, 0.1) is 0 Å². The first kappa shape index (κ1) is 10.9. The van der Waals surface area contributed by atoms with Crippen LogP contribution in [0.2, 0.25) is 0 Å². The van der Waals surface area contributed by atoms with Gasteiger partial charge in [-0.3, -0.25) is 4.79 Å². The third-order valence-electron chi connectivity index (χ3n) is 1.65. The van der Waals surface area contributed by atoms with Crippen molar-refractivity contribution >= 4 is 22.4 Å². The summed E-state index contributed by atoms with van der Waals surface area (Å²) in [5, 5.41) is 12.7. The molecule has 0 atom stereocenters. The summed E-state index contributed by atoms with van der Waals surface area (Å²) in [6, 6.07) is 0. The van der Waals surface area contributed by atoms with E-state index in [1.165, 1.54) is 11.3 Å². The summed E-state index contributed by atoms with van der Waals surface area (Å²) in [5.41, 5.74) is 5.01. The number of nitrogens with zero attached hydrogens (tertiary/aromatic N) is 2. The molecule has 0 saturated carbocycles. The fourth-order valence-corrected chi connectivity index (χ4v) is 1.60. The Labute approximate surface area is 86.7 Å². The van der Waals surface area contributed by atoms with E-state index in [9.17, 15) is 4.79 Å². The summed E-state index contributed by atoms with van der Waals surface area (Å²) >= 11 is 1.53. The minimum absolute atomic E-state index is 0.239. The standard InChI is InChI=1S/C8H14N4OS/c1-6-11-12-8(14-6)10-5-3-2-4-7(9)13/h2-5H2,1H3,(H2,9,13)(H,10,12). The van der Waals surface area contributed by atoms with Crippen LogP contribution >= 0.6 is 11.3 Å². The van der Waals surface area contributed by atoms with Crippen LogP contribution in [-0.4, -0.2) is 22.6 Å². The Bertz CT molecular complexity index is 299. The smallest absolute Gasteiger partial charge is 0.217 e. The van der Waals surface area contributed by atoms with Gasteiger partial charge in [-0.15, -0.1) is 10.2 Å². The Morgan fingerprint density at radius 2 is 2.29 bits per heavy atom. The van der Waals surface area contributed by atoms with Crippen LogP contribution < -0.4 is 11.1 Å². The number of amides is 1. The van der Waals surface area contributed by atoms with E-state index in [0.29, 0.717) is 6.42 Å². The number of unbranched alkanes of at least 4 members (excludes halogenated alkanes) is 1. The molecule has 1 aromatic rings. The predicted molar refractivity (Wildman–Crippen MR) is 56.2 cm³/mol. The van der Waals surface area contributed by atoms with Gasteiger partial charge in [-0.25, -0.2) is 0 Å². The molecule has 0 saturated heterocycles. The van der Waals surface area contributed by atoms with Crippen molar-refractivity contribution in [3.8, 4) is 0 Å². The van der Waals surface area contributed by atoms with Crippen LogP contribution in [0.5, 0.6) is 0 Å². The molecular weight excluding hydrogens is 200 g/mol. The van der Waals surface area contributed by atoms with Crippen LogP contribution in [-0.2, 0) is 4.79 Å². The first-order valence-electron chi connectivity index (χ1n) is 4.51. The lowest BCUT2D eigenvalue weighted by Gasteiger charge is -1.99. The SMILES string of the molecule is Cc1nnc(NCCCCC(N)=O)s1. The highest BCUT2D eigenvalue weighted by atomic mass is 32.1. The van der Waals surface area contributed by atoms with Gasteiger partial charge in [0.2, 0.25) is 11.0 Å². The zero-order chi connectivity index (χ0) is 10.4. The van der Waals surface area contributed by atoms with E-state index < -0.39 is 0 Å². The zero-order valence-electron chi connectivity index (χ0n) is 8.12. The number of aryl methyl sites for hydroxylation is 1. The molecule has 0 aromatic carbocycles. The maximum Gasteiger partial charge on any atom is 0.217 e. The highest BCUT2D eigenvalue weighted by Gasteiger charge is 1.98. The summed E-state index contributed by atoms with van der Waals surface area (Å²) < 4.78 is 0. The van der Waals surface area contributed by atoms with Crippen LogP contribution in [0.4, 0.5) is 5.13 Å². The molecule has 0 radical (unpaired) electrons. The van der Waals surface area contributed by atoms with Gasteiger partial charge in [0.15, 0.2) is 0 Å². The number of carbonyl (C=O) groups is 1. The second kappa shape index (κ2) is 5.54. The Balaban J connectivity index is 2.07. The Morgan fingerprint density at radius 3 is 2.86 bits per heavy atom. The molecule has 5 nitrogen and oxygen atoms in total. The van der Waals surface area contributed by atoms with Crippen LogP contribution in [0.15, 0.2) is 0 Å². The van der Waals surface area contributed by atoms with Gasteiger partial charge >= 0.3 is 0 Å². The van der Waals surface area contributed by atoms with Gasteiger partial charge in [-0.2, -0.15) is 0 Å².